The number of piperidine rings is 1. The third-order valence-corrected chi connectivity index (χ3v) is 4.60. The number of aryl methyl sites for hydroxylation is 1. The summed E-state index contributed by atoms with van der Waals surface area (Å²) in [6.45, 7) is 5.61. The highest BCUT2D eigenvalue weighted by atomic mass is 16.2. The number of likely N-dealkylation sites (tertiary alicyclic amines) is 1. The van der Waals surface area contributed by atoms with Crippen molar-refractivity contribution in [3.63, 3.8) is 0 Å². The van der Waals surface area contributed by atoms with Crippen molar-refractivity contribution in [3.05, 3.63) is 36.5 Å². The van der Waals surface area contributed by atoms with Gasteiger partial charge in [0.25, 0.3) is 0 Å². The molecule has 6 heteroatoms. The van der Waals surface area contributed by atoms with Crippen LogP contribution in [-0.4, -0.2) is 44.6 Å². The van der Waals surface area contributed by atoms with Crippen LogP contribution in [0.15, 0.2) is 36.5 Å². The van der Waals surface area contributed by atoms with Gasteiger partial charge in [-0.15, -0.1) is 5.10 Å². The van der Waals surface area contributed by atoms with Gasteiger partial charge >= 0.3 is 6.03 Å². The maximum atomic E-state index is 12.4. The van der Waals surface area contributed by atoms with Crippen LogP contribution in [0.25, 0.3) is 11.3 Å². The number of rotatable bonds is 5. The lowest BCUT2D eigenvalue weighted by Gasteiger charge is -2.36. The van der Waals surface area contributed by atoms with Crippen molar-refractivity contribution in [3.8, 4) is 11.3 Å². The predicted octanol–water partition coefficient (Wildman–Crippen LogP) is 3.31. The number of hydrogen-bond donors (Lipinski definition) is 1. The van der Waals surface area contributed by atoms with E-state index in [1.54, 1.807) is 0 Å². The van der Waals surface area contributed by atoms with Crippen molar-refractivity contribution in [2.24, 2.45) is 0 Å². The van der Waals surface area contributed by atoms with Crippen LogP contribution in [0.4, 0.5) is 4.79 Å². The number of urea groups is 1. The molecular formula is C19H27N5O. The zero-order valence-corrected chi connectivity index (χ0v) is 15.1. The topological polar surface area (TPSA) is 63.1 Å². The second-order valence-electron chi connectivity index (χ2n) is 6.97. The highest BCUT2D eigenvalue weighted by molar-refractivity contribution is 5.74. The molecule has 0 bridgehead atoms. The Hall–Kier alpha value is -2.37. The van der Waals surface area contributed by atoms with E-state index < -0.39 is 0 Å². The van der Waals surface area contributed by atoms with E-state index in [-0.39, 0.29) is 18.1 Å². The molecule has 0 radical (unpaired) electrons. The van der Waals surface area contributed by atoms with Crippen LogP contribution in [0.2, 0.25) is 0 Å². The molecule has 1 aromatic heterocycles. The average Bonchev–Trinajstić information content (AvgIpc) is 3.09. The van der Waals surface area contributed by atoms with Crippen molar-refractivity contribution < 1.29 is 4.79 Å². The standard InChI is InChI=1S/C19H27N5O/c1-15(2)20-19(25)24-12-7-6-10-17(24)11-13-23-14-18(21-22-23)16-8-4-3-5-9-16/h3-5,8-9,14-15,17H,6-7,10-13H2,1-2H3,(H,20,25). The number of carbonyl (C=O) groups is 1. The van der Waals surface area contributed by atoms with E-state index >= 15 is 0 Å². The fraction of sp³-hybridized carbons (Fsp3) is 0.526. The number of carbonyl (C=O) groups excluding carboxylic acids is 1. The van der Waals surface area contributed by atoms with Crippen molar-refractivity contribution >= 4 is 6.03 Å². The number of aromatic nitrogens is 3. The minimum Gasteiger partial charge on any atom is -0.336 e. The summed E-state index contributed by atoms with van der Waals surface area (Å²) in [7, 11) is 0. The SMILES string of the molecule is CC(C)NC(=O)N1CCCCC1CCn1cc(-c2ccccc2)nn1. The molecule has 2 aromatic rings. The molecule has 1 aliphatic rings. The number of nitrogens with zero attached hydrogens (tertiary/aromatic N) is 4. The second-order valence-corrected chi connectivity index (χ2v) is 6.97. The maximum Gasteiger partial charge on any atom is 0.317 e. The zero-order valence-electron chi connectivity index (χ0n) is 15.1. The highest BCUT2D eigenvalue weighted by Crippen LogP contribution is 2.21. The molecule has 1 N–H and O–H groups in total. The van der Waals surface area contributed by atoms with Crippen LogP contribution >= 0.6 is 0 Å². The first-order valence-corrected chi connectivity index (χ1v) is 9.16. The lowest BCUT2D eigenvalue weighted by atomic mass is 10.00. The van der Waals surface area contributed by atoms with Crippen molar-refractivity contribution in [1.29, 1.82) is 0 Å². The number of amides is 2. The van der Waals surface area contributed by atoms with Crippen molar-refractivity contribution in [2.45, 2.75) is 58.2 Å². The van der Waals surface area contributed by atoms with E-state index in [9.17, 15) is 4.79 Å². The Labute approximate surface area is 149 Å². The lowest BCUT2D eigenvalue weighted by Crippen LogP contribution is -2.50. The van der Waals surface area contributed by atoms with Crippen LogP contribution in [0.1, 0.15) is 39.5 Å². The quantitative estimate of drug-likeness (QED) is 0.907. The molecule has 0 spiro atoms. The molecular weight excluding hydrogens is 314 g/mol. The van der Waals surface area contributed by atoms with Gasteiger partial charge in [-0.25, -0.2) is 4.79 Å². The minimum atomic E-state index is 0.0586. The van der Waals surface area contributed by atoms with Gasteiger partial charge < -0.3 is 10.2 Å². The normalized spacial score (nSPS) is 17.7. The van der Waals surface area contributed by atoms with Gasteiger partial charge in [0.2, 0.25) is 0 Å². The van der Waals surface area contributed by atoms with Crippen LogP contribution in [0, 0.1) is 0 Å². The summed E-state index contributed by atoms with van der Waals surface area (Å²) >= 11 is 0. The molecule has 1 saturated heterocycles. The summed E-state index contributed by atoms with van der Waals surface area (Å²) in [5.74, 6) is 0. The van der Waals surface area contributed by atoms with Gasteiger partial charge in [-0.2, -0.15) is 0 Å². The summed E-state index contributed by atoms with van der Waals surface area (Å²) in [6, 6.07) is 10.6. The molecule has 3 rings (SSSR count). The second kappa shape index (κ2) is 8.14. The third kappa shape index (κ3) is 4.59. The minimum absolute atomic E-state index is 0.0586. The van der Waals surface area contributed by atoms with Gasteiger partial charge in [0, 0.05) is 30.7 Å². The summed E-state index contributed by atoms with van der Waals surface area (Å²) in [5.41, 5.74) is 1.96. The summed E-state index contributed by atoms with van der Waals surface area (Å²) in [6.07, 6.45) is 6.22. The maximum absolute atomic E-state index is 12.4. The van der Waals surface area contributed by atoms with Gasteiger partial charge in [0.1, 0.15) is 5.69 Å². The van der Waals surface area contributed by atoms with Crippen LogP contribution in [0.3, 0.4) is 0 Å². The molecule has 2 amide bonds. The van der Waals surface area contributed by atoms with Gasteiger partial charge in [0.05, 0.1) is 6.20 Å². The first-order valence-electron chi connectivity index (χ1n) is 9.16. The fourth-order valence-electron chi connectivity index (χ4n) is 3.33. The largest absolute Gasteiger partial charge is 0.336 e. The van der Waals surface area contributed by atoms with E-state index in [1.807, 2.05) is 60.0 Å². The smallest absolute Gasteiger partial charge is 0.317 e. The molecule has 1 unspecified atom stereocenters. The van der Waals surface area contributed by atoms with E-state index in [0.717, 1.165) is 43.6 Å². The summed E-state index contributed by atoms with van der Waals surface area (Å²) in [5, 5.41) is 11.5. The molecule has 1 atom stereocenters. The van der Waals surface area contributed by atoms with Crippen LogP contribution < -0.4 is 5.32 Å². The van der Waals surface area contributed by atoms with Gasteiger partial charge in [0.15, 0.2) is 0 Å². The highest BCUT2D eigenvalue weighted by Gasteiger charge is 2.26. The Balaban J connectivity index is 1.60. The Morgan fingerprint density at radius 1 is 1.28 bits per heavy atom. The molecule has 1 fully saturated rings. The molecule has 25 heavy (non-hydrogen) atoms. The van der Waals surface area contributed by atoms with E-state index in [0.29, 0.717) is 0 Å². The molecule has 2 heterocycles. The first-order chi connectivity index (χ1) is 12.1. The molecule has 0 saturated carbocycles. The monoisotopic (exact) mass is 341 g/mol. The van der Waals surface area contributed by atoms with Gasteiger partial charge in [-0.1, -0.05) is 35.5 Å². The van der Waals surface area contributed by atoms with E-state index in [2.05, 4.69) is 15.6 Å². The fourth-order valence-corrected chi connectivity index (χ4v) is 3.33. The lowest BCUT2D eigenvalue weighted by molar-refractivity contribution is 0.141. The number of nitrogens with one attached hydrogen (secondary N) is 1. The van der Waals surface area contributed by atoms with E-state index in [1.165, 1.54) is 6.42 Å². The molecule has 1 aromatic carbocycles. The Kier molecular flexibility index (Phi) is 5.68. The Bertz CT molecular complexity index is 682. The van der Waals surface area contributed by atoms with Crippen molar-refractivity contribution in [1.82, 2.24) is 25.2 Å². The third-order valence-electron chi connectivity index (χ3n) is 4.60. The zero-order chi connectivity index (χ0) is 17.6. The number of hydrogen-bond acceptors (Lipinski definition) is 3. The van der Waals surface area contributed by atoms with Crippen LogP contribution in [-0.2, 0) is 6.54 Å². The van der Waals surface area contributed by atoms with E-state index in [4.69, 9.17) is 0 Å². The predicted molar refractivity (Wildman–Crippen MR) is 98.1 cm³/mol. The molecule has 1 aliphatic heterocycles. The molecule has 6 nitrogen and oxygen atoms in total. The summed E-state index contributed by atoms with van der Waals surface area (Å²) in [4.78, 5) is 14.4. The van der Waals surface area contributed by atoms with Gasteiger partial charge in [-0.3, -0.25) is 4.68 Å². The van der Waals surface area contributed by atoms with Crippen LogP contribution in [0.5, 0.6) is 0 Å². The number of benzene rings is 1. The Morgan fingerprint density at radius 3 is 2.84 bits per heavy atom. The van der Waals surface area contributed by atoms with Gasteiger partial charge in [-0.05, 0) is 39.5 Å². The molecule has 0 aliphatic carbocycles. The summed E-state index contributed by atoms with van der Waals surface area (Å²) < 4.78 is 1.88. The first kappa shape index (κ1) is 17.5. The molecule has 134 valence electrons. The average molecular weight is 341 g/mol. The van der Waals surface area contributed by atoms with Crippen molar-refractivity contribution in [2.75, 3.05) is 6.54 Å². The Morgan fingerprint density at radius 2 is 2.08 bits per heavy atom.